The Morgan fingerprint density at radius 3 is 2.53 bits per heavy atom. The second-order valence-corrected chi connectivity index (χ2v) is 7.33. The van der Waals surface area contributed by atoms with Crippen LogP contribution in [0.4, 0.5) is 0 Å². The van der Waals surface area contributed by atoms with Crippen LogP contribution < -0.4 is 0 Å². The number of benzene rings is 1. The van der Waals surface area contributed by atoms with Gasteiger partial charge in [-0.15, -0.1) is 11.3 Å². The quantitative estimate of drug-likeness (QED) is 0.686. The summed E-state index contributed by atoms with van der Waals surface area (Å²) < 4.78 is 1.84. The molecule has 4 heteroatoms. The van der Waals surface area contributed by atoms with Crippen molar-refractivity contribution in [2.24, 2.45) is 0 Å². The van der Waals surface area contributed by atoms with Gasteiger partial charge in [0.05, 0.1) is 7.57 Å². The van der Waals surface area contributed by atoms with Crippen LogP contribution in [-0.2, 0) is 6.42 Å². The van der Waals surface area contributed by atoms with Gasteiger partial charge in [0.1, 0.15) is 0 Å². The molecule has 0 N–H and O–H groups in total. The van der Waals surface area contributed by atoms with Gasteiger partial charge in [-0.2, -0.15) is 0 Å². The van der Waals surface area contributed by atoms with E-state index in [-0.39, 0.29) is 5.78 Å². The molecule has 0 fully saturated rings. The Kier molecular flexibility index (Phi) is 4.17. The highest BCUT2D eigenvalue weighted by Gasteiger charge is 2.17. The first-order valence-electron chi connectivity index (χ1n) is 5.21. The molecule has 17 heavy (non-hydrogen) atoms. The molecule has 1 heterocycles. The van der Waals surface area contributed by atoms with E-state index in [4.69, 9.17) is 0 Å². The molecule has 2 rings (SSSR count). The van der Waals surface area contributed by atoms with E-state index in [0.29, 0.717) is 0 Å². The highest BCUT2D eigenvalue weighted by atomic mass is 79.9. The van der Waals surface area contributed by atoms with E-state index in [9.17, 15) is 4.79 Å². The van der Waals surface area contributed by atoms with Gasteiger partial charge in [0.25, 0.3) is 0 Å². The second kappa shape index (κ2) is 5.46. The van der Waals surface area contributed by atoms with Crippen molar-refractivity contribution in [1.29, 1.82) is 0 Å². The minimum Gasteiger partial charge on any atom is -0.289 e. The van der Waals surface area contributed by atoms with Crippen molar-refractivity contribution < 1.29 is 4.79 Å². The molecule has 1 aromatic carbocycles. The van der Waals surface area contributed by atoms with Crippen molar-refractivity contribution in [3.63, 3.8) is 0 Å². The molecule has 2 aromatic rings. The summed E-state index contributed by atoms with van der Waals surface area (Å²) in [4.78, 5) is 12.4. The van der Waals surface area contributed by atoms with Gasteiger partial charge in [0.2, 0.25) is 0 Å². The average molecular weight is 374 g/mol. The van der Waals surface area contributed by atoms with Crippen molar-refractivity contribution in [3.8, 4) is 0 Å². The fourth-order valence-corrected chi connectivity index (χ4v) is 4.48. The highest BCUT2D eigenvalue weighted by Crippen LogP contribution is 2.33. The average Bonchev–Trinajstić information content (AvgIpc) is 2.67. The lowest BCUT2D eigenvalue weighted by Crippen LogP contribution is -2.04. The fraction of sp³-hybridized carbons (Fsp3) is 0.154. The van der Waals surface area contributed by atoms with Crippen molar-refractivity contribution >= 4 is 49.0 Å². The lowest BCUT2D eigenvalue weighted by Gasteiger charge is -2.05. The first-order valence-corrected chi connectivity index (χ1v) is 7.61. The molecule has 88 valence electrons. The number of rotatable bonds is 3. The van der Waals surface area contributed by atoms with Crippen molar-refractivity contribution in [2.45, 2.75) is 13.3 Å². The van der Waals surface area contributed by atoms with Crippen LogP contribution in [0.5, 0.6) is 0 Å². The number of ketones is 1. The van der Waals surface area contributed by atoms with E-state index in [1.807, 2.05) is 30.3 Å². The standard InChI is InChI=1S/C13H10Br2OS/c1-2-8-5-3-4-6-9(8)12(16)10-7-11(14)17-13(10)15/h3-7H,2H2,1H3. The van der Waals surface area contributed by atoms with Gasteiger partial charge in [0.15, 0.2) is 5.78 Å². The Morgan fingerprint density at radius 2 is 1.94 bits per heavy atom. The first-order chi connectivity index (χ1) is 8.13. The van der Waals surface area contributed by atoms with Crippen LogP contribution in [0.1, 0.15) is 28.4 Å². The number of thiophene rings is 1. The second-order valence-electron chi connectivity index (χ2n) is 3.58. The third-order valence-electron chi connectivity index (χ3n) is 2.54. The Bertz CT molecular complexity index is 560. The third kappa shape index (κ3) is 2.69. The molecule has 0 aliphatic rings. The summed E-state index contributed by atoms with van der Waals surface area (Å²) in [6, 6.07) is 9.63. The van der Waals surface area contributed by atoms with Gasteiger partial charge in [-0.05, 0) is 49.9 Å². The van der Waals surface area contributed by atoms with Crippen molar-refractivity contribution in [1.82, 2.24) is 0 Å². The van der Waals surface area contributed by atoms with E-state index >= 15 is 0 Å². The zero-order valence-electron chi connectivity index (χ0n) is 9.17. The van der Waals surface area contributed by atoms with Gasteiger partial charge in [0, 0.05) is 11.1 Å². The molecule has 0 unspecified atom stereocenters. The molecule has 1 nitrogen and oxygen atoms in total. The van der Waals surface area contributed by atoms with Gasteiger partial charge in [-0.25, -0.2) is 0 Å². The van der Waals surface area contributed by atoms with Crippen LogP contribution in [0.3, 0.4) is 0 Å². The number of hydrogen-bond acceptors (Lipinski definition) is 2. The van der Waals surface area contributed by atoms with Crippen LogP contribution in [0.25, 0.3) is 0 Å². The van der Waals surface area contributed by atoms with Crippen LogP contribution in [-0.4, -0.2) is 5.78 Å². The van der Waals surface area contributed by atoms with E-state index in [2.05, 4.69) is 38.8 Å². The Hall–Kier alpha value is -0.450. The SMILES string of the molecule is CCc1ccccc1C(=O)c1cc(Br)sc1Br. The lowest BCUT2D eigenvalue weighted by molar-refractivity contribution is 0.103. The minimum absolute atomic E-state index is 0.0799. The molecule has 0 radical (unpaired) electrons. The van der Waals surface area contributed by atoms with Crippen LogP contribution in [0, 0.1) is 0 Å². The Morgan fingerprint density at radius 1 is 1.24 bits per heavy atom. The molecule has 0 bridgehead atoms. The van der Waals surface area contributed by atoms with Gasteiger partial charge < -0.3 is 0 Å². The van der Waals surface area contributed by atoms with E-state index in [0.717, 1.165) is 30.7 Å². The summed E-state index contributed by atoms with van der Waals surface area (Å²) in [7, 11) is 0. The molecule has 0 aliphatic heterocycles. The van der Waals surface area contributed by atoms with E-state index in [1.54, 1.807) is 0 Å². The first kappa shape index (κ1) is 13.0. The van der Waals surface area contributed by atoms with Crippen LogP contribution >= 0.6 is 43.2 Å². The van der Waals surface area contributed by atoms with E-state index in [1.165, 1.54) is 11.3 Å². The summed E-state index contributed by atoms with van der Waals surface area (Å²) in [5.41, 5.74) is 2.61. The molecule has 1 aromatic heterocycles. The molecule has 0 aliphatic carbocycles. The summed E-state index contributed by atoms with van der Waals surface area (Å²) in [6.07, 6.45) is 0.866. The zero-order chi connectivity index (χ0) is 12.4. The van der Waals surface area contributed by atoms with Crippen molar-refractivity contribution in [3.05, 3.63) is 54.6 Å². The summed E-state index contributed by atoms with van der Waals surface area (Å²) >= 11 is 8.34. The predicted molar refractivity (Wildman–Crippen MR) is 79.0 cm³/mol. The summed E-state index contributed by atoms with van der Waals surface area (Å²) in [5.74, 6) is 0.0799. The normalized spacial score (nSPS) is 10.5. The molecular weight excluding hydrogens is 364 g/mol. The Labute approximate surface area is 121 Å². The summed E-state index contributed by atoms with van der Waals surface area (Å²) in [6.45, 7) is 2.06. The van der Waals surface area contributed by atoms with Crippen LogP contribution in [0.15, 0.2) is 37.9 Å². The number of carbonyl (C=O) groups excluding carboxylic acids is 1. The van der Waals surface area contributed by atoms with Gasteiger partial charge >= 0.3 is 0 Å². The van der Waals surface area contributed by atoms with E-state index < -0.39 is 0 Å². The number of halogens is 2. The van der Waals surface area contributed by atoms with Crippen molar-refractivity contribution in [2.75, 3.05) is 0 Å². The molecule has 0 atom stereocenters. The highest BCUT2D eigenvalue weighted by molar-refractivity contribution is 9.12. The molecule has 0 saturated heterocycles. The number of hydrogen-bond donors (Lipinski definition) is 0. The molecule has 0 amide bonds. The number of aryl methyl sites for hydroxylation is 1. The number of carbonyl (C=O) groups is 1. The maximum atomic E-state index is 12.4. The monoisotopic (exact) mass is 372 g/mol. The Balaban J connectivity index is 2.47. The summed E-state index contributed by atoms with van der Waals surface area (Å²) in [5, 5.41) is 0. The largest absolute Gasteiger partial charge is 0.289 e. The maximum Gasteiger partial charge on any atom is 0.195 e. The molecule has 0 spiro atoms. The topological polar surface area (TPSA) is 17.1 Å². The van der Waals surface area contributed by atoms with Gasteiger partial charge in [-0.1, -0.05) is 31.2 Å². The molecular formula is C13H10Br2OS. The third-order valence-corrected chi connectivity index (χ3v) is 4.88. The minimum atomic E-state index is 0.0799. The lowest BCUT2D eigenvalue weighted by atomic mass is 9.99. The zero-order valence-corrected chi connectivity index (χ0v) is 13.2. The predicted octanol–water partition coefficient (Wildman–Crippen LogP) is 5.07. The fourth-order valence-electron chi connectivity index (χ4n) is 1.69. The molecule has 0 saturated carbocycles. The van der Waals surface area contributed by atoms with Gasteiger partial charge in [-0.3, -0.25) is 4.79 Å². The smallest absolute Gasteiger partial charge is 0.195 e. The maximum absolute atomic E-state index is 12.4. The van der Waals surface area contributed by atoms with Crippen LogP contribution in [0.2, 0.25) is 0 Å².